The maximum atomic E-state index is 12.3. The van der Waals surface area contributed by atoms with Gasteiger partial charge in [-0.15, -0.1) is 0 Å². The van der Waals surface area contributed by atoms with Gasteiger partial charge in [0.25, 0.3) is 0 Å². The van der Waals surface area contributed by atoms with Gasteiger partial charge in [-0.1, -0.05) is 0 Å². The Hall–Kier alpha value is -1.76. The lowest BCUT2D eigenvalue weighted by Crippen LogP contribution is -2.23. The van der Waals surface area contributed by atoms with E-state index in [0.29, 0.717) is 0 Å². The van der Waals surface area contributed by atoms with Crippen LogP contribution in [0.15, 0.2) is 24.3 Å². The van der Waals surface area contributed by atoms with Crippen LogP contribution < -0.4 is 4.74 Å². The van der Waals surface area contributed by atoms with Crippen LogP contribution in [0.1, 0.15) is 12.0 Å². The van der Waals surface area contributed by atoms with Gasteiger partial charge in [0.15, 0.2) is 0 Å². The Morgan fingerprint density at radius 3 is 2.35 bits per heavy atom. The Morgan fingerprint density at radius 1 is 1.30 bits per heavy atom. The van der Waals surface area contributed by atoms with E-state index in [1.807, 2.05) is 0 Å². The summed E-state index contributed by atoms with van der Waals surface area (Å²) in [7, 11) is 1.45. The summed E-state index contributed by atoms with van der Waals surface area (Å²) in [6, 6.07) is 4.11. The number of hydrogen-bond donors (Lipinski definition) is 1. The Kier molecular flexibility index (Phi) is 5.82. The summed E-state index contributed by atoms with van der Waals surface area (Å²) in [5, 5.41) is 8.94. The van der Waals surface area contributed by atoms with Crippen molar-refractivity contribution < 1.29 is 32.5 Å². The highest BCUT2D eigenvalue weighted by atomic mass is 19.4. The van der Waals surface area contributed by atoms with E-state index in [9.17, 15) is 18.0 Å². The molecule has 0 aromatic heterocycles. The van der Waals surface area contributed by atoms with Gasteiger partial charge in [0.05, 0.1) is 11.5 Å². The van der Waals surface area contributed by atoms with Crippen LogP contribution in [0.25, 0.3) is 0 Å². The van der Waals surface area contributed by atoms with E-state index >= 15 is 0 Å². The van der Waals surface area contributed by atoms with E-state index in [2.05, 4.69) is 0 Å². The maximum absolute atomic E-state index is 12.3. The number of alkyl halides is 3. The van der Waals surface area contributed by atoms with Crippen molar-refractivity contribution in [1.29, 1.82) is 0 Å². The SMILES string of the molecule is COCCC(COc1ccc(C(F)(F)F)cc1)C(=O)O. The minimum absolute atomic E-state index is 0.121. The average molecular weight is 292 g/mol. The molecule has 0 radical (unpaired) electrons. The number of methoxy groups -OCH3 is 1. The van der Waals surface area contributed by atoms with Crippen LogP contribution in [0.5, 0.6) is 5.75 Å². The van der Waals surface area contributed by atoms with Crippen LogP contribution >= 0.6 is 0 Å². The molecule has 1 aromatic carbocycles. The standard InChI is InChI=1S/C13H15F3O4/c1-19-7-6-9(12(17)18)8-20-11-4-2-10(3-5-11)13(14,15)16/h2-5,9H,6-8H2,1H3,(H,17,18). The van der Waals surface area contributed by atoms with Crippen molar-refractivity contribution in [2.75, 3.05) is 20.3 Å². The fourth-order valence-corrected chi connectivity index (χ4v) is 1.48. The molecule has 112 valence electrons. The van der Waals surface area contributed by atoms with Crippen LogP contribution in [0.3, 0.4) is 0 Å². The average Bonchev–Trinajstić information content (AvgIpc) is 2.38. The predicted octanol–water partition coefficient (Wildman–Crippen LogP) is 2.82. The molecule has 0 saturated heterocycles. The van der Waals surface area contributed by atoms with Crippen LogP contribution in [0.4, 0.5) is 13.2 Å². The minimum Gasteiger partial charge on any atom is -0.493 e. The van der Waals surface area contributed by atoms with Gasteiger partial charge in [-0.3, -0.25) is 4.79 Å². The number of rotatable bonds is 7. The maximum Gasteiger partial charge on any atom is 0.416 e. The quantitative estimate of drug-likeness (QED) is 0.839. The van der Waals surface area contributed by atoms with E-state index in [0.717, 1.165) is 24.3 Å². The molecule has 0 amide bonds. The fraction of sp³-hybridized carbons (Fsp3) is 0.462. The van der Waals surface area contributed by atoms with Crippen molar-refractivity contribution in [2.24, 2.45) is 5.92 Å². The number of aliphatic carboxylic acids is 1. The lowest BCUT2D eigenvalue weighted by atomic mass is 10.1. The number of carboxylic acids is 1. The molecule has 1 N–H and O–H groups in total. The summed E-state index contributed by atoms with van der Waals surface area (Å²) in [5.74, 6) is -1.60. The van der Waals surface area contributed by atoms with Crippen LogP contribution in [-0.4, -0.2) is 31.4 Å². The zero-order valence-corrected chi connectivity index (χ0v) is 10.8. The Labute approximate surface area is 114 Å². The number of carboxylic acid groups (broad SMARTS) is 1. The van der Waals surface area contributed by atoms with E-state index in [1.165, 1.54) is 7.11 Å². The van der Waals surface area contributed by atoms with Crippen molar-refractivity contribution in [2.45, 2.75) is 12.6 Å². The molecule has 0 heterocycles. The van der Waals surface area contributed by atoms with E-state index in [1.54, 1.807) is 0 Å². The number of hydrogen-bond acceptors (Lipinski definition) is 3. The molecule has 0 aliphatic heterocycles. The first-order chi connectivity index (χ1) is 9.34. The van der Waals surface area contributed by atoms with Crippen molar-refractivity contribution >= 4 is 5.97 Å². The van der Waals surface area contributed by atoms with Crippen LogP contribution in [0.2, 0.25) is 0 Å². The summed E-state index contributed by atoms with van der Waals surface area (Å²) >= 11 is 0. The zero-order chi connectivity index (χ0) is 15.2. The number of halogens is 3. The van der Waals surface area contributed by atoms with Crippen molar-refractivity contribution in [3.63, 3.8) is 0 Å². The van der Waals surface area contributed by atoms with E-state index in [4.69, 9.17) is 14.6 Å². The second kappa shape index (κ2) is 7.14. The normalized spacial score (nSPS) is 13.0. The number of ether oxygens (including phenoxy) is 2. The van der Waals surface area contributed by atoms with Gasteiger partial charge < -0.3 is 14.6 Å². The smallest absolute Gasteiger partial charge is 0.416 e. The molecule has 4 nitrogen and oxygen atoms in total. The summed E-state index contributed by atoms with van der Waals surface area (Å²) in [5.41, 5.74) is -0.779. The molecule has 0 spiro atoms. The van der Waals surface area contributed by atoms with Crippen molar-refractivity contribution in [1.82, 2.24) is 0 Å². The third-order valence-electron chi connectivity index (χ3n) is 2.65. The van der Waals surface area contributed by atoms with Gasteiger partial charge in [0, 0.05) is 13.7 Å². The van der Waals surface area contributed by atoms with Crippen molar-refractivity contribution in [3.05, 3.63) is 29.8 Å². The molecular weight excluding hydrogens is 277 g/mol. The van der Waals surface area contributed by atoms with E-state index < -0.39 is 23.6 Å². The van der Waals surface area contributed by atoms with Gasteiger partial charge in [0.1, 0.15) is 12.4 Å². The molecule has 0 fully saturated rings. The third-order valence-corrected chi connectivity index (χ3v) is 2.65. The third kappa shape index (κ3) is 5.08. The van der Waals surface area contributed by atoms with Crippen LogP contribution in [-0.2, 0) is 15.7 Å². The molecule has 1 aromatic rings. The zero-order valence-electron chi connectivity index (χ0n) is 10.8. The first-order valence-corrected chi connectivity index (χ1v) is 5.86. The predicted molar refractivity (Wildman–Crippen MR) is 64.6 cm³/mol. The largest absolute Gasteiger partial charge is 0.493 e. The van der Waals surface area contributed by atoms with Crippen molar-refractivity contribution in [3.8, 4) is 5.75 Å². The first-order valence-electron chi connectivity index (χ1n) is 5.86. The van der Waals surface area contributed by atoms with Gasteiger partial charge in [-0.05, 0) is 30.7 Å². The molecule has 0 bridgehead atoms. The molecular formula is C13H15F3O4. The van der Waals surface area contributed by atoms with Gasteiger partial charge in [0.2, 0.25) is 0 Å². The highest BCUT2D eigenvalue weighted by molar-refractivity contribution is 5.70. The molecule has 0 aliphatic carbocycles. The van der Waals surface area contributed by atoms with Gasteiger partial charge in [-0.2, -0.15) is 13.2 Å². The molecule has 1 atom stereocenters. The lowest BCUT2D eigenvalue weighted by molar-refractivity contribution is -0.143. The highest BCUT2D eigenvalue weighted by Gasteiger charge is 2.30. The van der Waals surface area contributed by atoms with Crippen LogP contribution in [0, 0.1) is 5.92 Å². The molecule has 1 unspecified atom stereocenters. The Bertz CT molecular complexity index is 428. The topological polar surface area (TPSA) is 55.8 Å². The number of carbonyl (C=O) groups is 1. The van der Waals surface area contributed by atoms with E-state index in [-0.39, 0.29) is 25.4 Å². The second-order valence-electron chi connectivity index (χ2n) is 4.15. The summed E-state index contributed by atoms with van der Waals surface area (Å²) in [6.45, 7) is 0.150. The minimum atomic E-state index is -4.40. The Balaban J connectivity index is 2.58. The van der Waals surface area contributed by atoms with Gasteiger partial charge >= 0.3 is 12.1 Å². The highest BCUT2D eigenvalue weighted by Crippen LogP contribution is 2.30. The molecule has 1 rings (SSSR count). The second-order valence-corrected chi connectivity index (χ2v) is 4.15. The summed E-state index contributed by atoms with van der Waals surface area (Å²) < 4.78 is 47.0. The molecule has 0 aliphatic rings. The molecule has 7 heteroatoms. The van der Waals surface area contributed by atoms with Gasteiger partial charge in [-0.25, -0.2) is 0 Å². The summed E-state index contributed by atoms with van der Waals surface area (Å²) in [6.07, 6.45) is -4.13. The number of benzene rings is 1. The lowest BCUT2D eigenvalue weighted by Gasteiger charge is -2.14. The Morgan fingerprint density at radius 2 is 1.90 bits per heavy atom. The molecule has 0 saturated carbocycles. The molecule has 20 heavy (non-hydrogen) atoms. The fourth-order valence-electron chi connectivity index (χ4n) is 1.48. The summed E-state index contributed by atoms with van der Waals surface area (Å²) in [4.78, 5) is 10.9. The first kappa shape index (κ1) is 16.3. The monoisotopic (exact) mass is 292 g/mol.